The Morgan fingerprint density at radius 1 is 1.44 bits per heavy atom. The molecule has 0 aliphatic carbocycles. The third-order valence-electron chi connectivity index (χ3n) is 1.68. The quantitative estimate of drug-likeness (QED) is 0.366. The number of aldehydes is 1. The van der Waals surface area contributed by atoms with E-state index in [0.717, 1.165) is 12.1 Å². The Labute approximate surface area is 103 Å². The van der Waals surface area contributed by atoms with Gasteiger partial charge in [0.1, 0.15) is 5.56 Å². The average molecular weight is 329 g/mol. The second-order valence-electron chi connectivity index (χ2n) is 2.65. The fourth-order valence-corrected chi connectivity index (χ4v) is 2.46. The molecular formula is C7H3BrClNO5S. The summed E-state index contributed by atoms with van der Waals surface area (Å²) in [7, 11) is 0.959. The van der Waals surface area contributed by atoms with Crippen LogP contribution in [0.3, 0.4) is 0 Å². The largest absolute Gasteiger partial charge is 0.298 e. The van der Waals surface area contributed by atoms with Crippen LogP contribution < -0.4 is 0 Å². The van der Waals surface area contributed by atoms with E-state index in [9.17, 15) is 23.3 Å². The molecule has 0 aliphatic heterocycles. The Morgan fingerprint density at radius 2 is 2.00 bits per heavy atom. The maximum Gasteiger partial charge on any atom is 0.282 e. The van der Waals surface area contributed by atoms with Gasteiger partial charge in [0.15, 0.2) is 6.29 Å². The minimum atomic E-state index is -4.08. The molecule has 1 aromatic rings. The van der Waals surface area contributed by atoms with Crippen LogP contribution in [0.25, 0.3) is 0 Å². The molecule has 0 saturated carbocycles. The Morgan fingerprint density at radius 3 is 2.38 bits per heavy atom. The van der Waals surface area contributed by atoms with E-state index in [1.807, 2.05) is 0 Å². The first-order valence-electron chi connectivity index (χ1n) is 3.65. The predicted molar refractivity (Wildman–Crippen MR) is 59.2 cm³/mol. The van der Waals surface area contributed by atoms with Gasteiger partial charge in [0, 0.05) is 21.2 Å². The van der Waals surface area contributed by atoms with Crippen LogP contribution in [0.2, 0.25) is 0 Å². The SMILES string of the molecule is O=Cc1c(Br)cc(S(=O)(=O)Cl)cc1[N+](=O)[O-]. The van der Waals surface area contributed by atoms with E-state index in [0.29, 0.717) is 0 Å². The van der Waals surface area contributed by atoms with Crippen LogP contribution in [-0.4, -0.2) is 19.6 Å². The first kappa shape index (κ1) is 13.1. The van der Waals surface area contributed by atoms with E-state index in [1.54, 1.807) is 0 Å². The molecule has 0 bridgehead atoms. The molecule has 0 spiro atoms. The van der Waals surface area contributed by atoms with Crippen molar-refractivity contribution in [3.05, 3.63) is 32.3 Å². The summed E-state index contributed by atoms with van der Waals surface area (Å²) in [5.41, 5.74) is -0.863. The number of nitro groups is 1. The van der Waals surface area contributed by atoms with Crippen LogP contribution in [0.15, 0.2) is 21.5 Å². The van der Waals surface area contributed by atoms with Crippen molar-refractivity contribution >= 4 is 47.6 Å². The normalized spacial score (nSPS) is 11.1. The Bertz CT molecular complexity index is 570. The van der Waals surface area contributed by atoms with Gasteiger partial charge in [-0.3, -0.25) is 14.9 Å². The maximum absolute atomic E-state index is 11.0. The lowest BCUT2D eigenvalue weighted by atomic mass is 10.2. The van der Waals surface area contributed by atoms with Gasteiger partial charge < -0.3 is 0 Å². The van der Waals surface area contributed by atoms with Gasteiger partial charge >= 0.3 is 0 Å². The van der Waals surface area contributed by atoms with Gasteiger partial charge in [-0.1, -0.05) is 0 Å². The van der Waals surface area contributed by atoms with Crippen molar-refractivity contribution in [3.63, 3.8) is 0 Å². The summed E-state index contributed by atoms with van der Waals surface area (Å²) in [4.78, 5) is 19.9. The molecule has 86 valence electrons. The molecule has 0 aliphatic rings. The average Bonchev–Trinajstić information content (AvgIpc) is 2.14. The Kier molecular flexibility index (Phi) is 3.66. The fraction of sp³-hybridized carbons (Fsp3) is 0. The molecule has 0 amide bonds. The van der Waals surface area contributed by atoms with Gasteiger partial charge in [-0.25, -0.2) is 8.42 Å². The molecule has 16 heavy (non-hydrogen) atoms. The predicted octanol–water partition coefficient (Wildman–Crippen LogP) is 2.10. The Balaban J connectivity index is 3.65. The highest BCUT2D eigenvalue weighted by atomic mass is 79.9. The molecule has 0 heterocycles. The molecule has 0 N–H and O–H groups in total. The summed E-state index contributed by atoms with van der Waals surface area (Å²) >= 11 is 2.86. The lowest BCUT2D eigenvalue weighted by Crippen LogP contribution is -1.99. The lowest BCUT2D eigenvalue weighted by molar-refractivity contribution is -0.385. The number of nitrogens with zero attached hydrogens (tertiary/aromatic N) is 1. The molecule has 0 radical (unpaired) electrons. The van der Waals surface area contributed by atoms with Gasteiger partial charge in [-0.15, -0.1) is 0 Å². The topological polar surface area (TPSA) is 94.3 Å². The summed E-state index contributed by atoms with van der Waals surface area (Å²) in [5.74, 6) is 0. The van der Waals surface area contributed by atoms with E-state index in [1.165, 1.54) is 0 Å². The van der Waals surface area contributed by atoms with Crippen LogP contribution in [0.4, 0.5) is 5.69 Å². The molecule has 1 aromatic carbocycles. The molecule has 0 saturated heterocycles. The van der Waals surface area contributed by atoms with E-state index in [4.69, 9.17) is 10.7 Å². The van der Waals surface area contributed by atoms with Crippen LogP contribution in [0, 0.1) is 10.1 Å². The Hall–Kier alpha value is -0.990. The zero-order valence-electron chi connectivity index (χ0n) is 7.38. The number of carbonyl (C=O) groups is 1. The van der Waals surface area contributed by atoms with E-state index in [-0.39, 0.29) is 16.3 Å². The second-order valence-corrected chi connectivity index (χ2v) is 6.07. The molecule has 0 fully saturated rings. The van der Waals surface area contributed by atoms with Gasteiger partial charge in [-0.2, -0.15) is 0 Å². The summed E-state index contributed by atoms with van der Waals surface area (Å²) in [6.07, 6.45) is 0.257. The first-order chi connectivity index (χ1) is 7.27. The number of hydrogen-bond acceptors (Lipinski definition) is 5. The minimum absolute atomic E-state index is 0.00377. The van der Waals surface area contributed by atoms with Crippen molar-refractivity contribution in [2.24, 2.45) is 0 Å². The van der Waals surface area contributed by atoms with Crippen molar-refractivity contribution < 1.29 is 18.1 Å². The smallest absolute Gasteiger partial charge is 0.282 e. The lowest BCUT2D eigenvalue weighted by Gasteiger charge is -2.01. The fourth-order valence-electron chi connectivity index (χ4n) is 0.988. The van der Waals surface area contributed by atoms with Gasteiger partial charge in [0.25, 0.3) is 14.7 Å². The van der Waals surface area contributed by atoms with Crippen LogP contribution >= 0.6 is 26.6 Å². The minimum Gasteiger partial charge on any atom is -0.298 e. The molecular weight excluding hydrogens is 326 g/mol. The number of hydrogen-bond donors (Lipinski definition) is 0. The number of benzene rings is 1. The summed E-state index contributed by atoms with van der Waals surface area (Å²) in [6.45, 7) is 0. The summed E-state index contributed by atoms with van der Waals surface area (Å²) < 4.78 is 22.0. The monoisotopic (exact) mass is 327 g/mol. The van der Waals surface area contributed by atoms with Crippen LogP contribution in [-0.2, 0) is 9.05 Å². The molecule has 1 rings (SSSR count). The number of halogens is 2. The first-order valence-corrected chi connectivity index (χ1v) is 6.75. The highest BCUT2D eigenvalue weighted by Crippen LogP contribution is 2.30. The van der Waals surface area contributed by atoms with Gasteiger partial charge in [-0.05, 0) is 22.0 Å². The van der Waals surface area contributed by atoms with E-state index >= 15 is 0 Å². The zero-order chi connectivity index (χ0) is 12.5. The number of carbonyl (C=O) groups excluding carboxylic acids is 1. The summed E-state index contributed by atoms with van der Waals surface area (Å²) in [6, 6.07) is 1.76. The van der Waals surface area contributed by atoms with Crippen LogP contribution in [0.5, 0.6) is 0 Å². The number of rotatable bonds is 3. The molecule has 0 aromatic heterocycles. The van der Waals surface area contributed by atoms with Crippen molar-refractivity contribution in [2.45, 2.75) is 4.90 Å². The zero-order valence-corrected chi connectivity index (χ0v) is 10.5. The second kappa shape index (κ2) is 4.48. The standard InChI is InChI=1S/C7H3BrClNO5S/c8-6-1-4(16(9,14)15)2-7(10(12)13)5(6)3-11/h1-3H. The maximum atomic E-state index is 11.0. The molecule has 0 atom stereocenters. The van der Waals surface area contributed by atoms with Crippen molar-refractivity contribution in [2.75, 3.05) is 0 Å². The third-order valence-corrected chi connectivity index (χ3v) is 3.67. The van der Waals surface area contributed by atoms with Gasteiger partial charge in [0.2, 0.25) is 0 Å². The number of nitro benzene ring substituents is 1. The highest BCUT2D eigenvalue weighted by Gasteiger charge is 2.22. The van der Waals surface area contributed by atoms with Gasteiger partial charge in [0.05, 0.1) is 9.82 Å². The highest BCUT2D eigenvalue weighted by molar-refractivity contribution is 9.10. The summed E-state index contributed by atoms with van der Waals surface area (Å²) in [5, 5.41) is 10.6. The van der Waals surface area contributed by atoms with Crippen molar-refractivity contribution in [3.8, 4) is 0 Å². The van der Waals surface area contributed by atoms with E-state index < -0.39 is 24.6 Å². The van der Waals surface area contributed by atoms with Crippen molar-refractivity contribution in [1.29, 1.82) is 0 Å². The molecule has 9 heteroatoms. The molecule has 6 nitrogen and oxygen atoms in total. The van der Waals surface area contributed by atoms with E-state index in [2.05, 4.69) is 15.9 Å². The molecule has 0 unspecified atom stereocenters. The van der Waals surface area contributed by atoms with Crippen LogP contribution in [0.1, 0.15) is 10.4 Å². The third kappa shape index (κ3) is 2.57. The van der Waals surface area contributed by atoms with Crippen molar-refractivity contribution in [1.82, 2.24) is 0 Å².